The summed E-state index contributed by atoms with van der Waals surface area (Å²) in [4.78, 5) is 16.5. The van der Waals surface area contributed by atoms with Crippen molar-refractivity contribution in [1.82, 2.24) is 4.90 Å². The normalized spacial score (nSPS) is 14.9. The molecule has 10 heteroatoms. The van der Waals surface area contributed by atoms with Gasteiger partial charge in [-0.1, -0.05) is 17.7 Å². The number of hydrogen-bond donors (Lipinski definition) is 2. The van der Waals surface area contributed by atoms with Crippen LogP contribution in [0.4, 0.5) is 11.4 Å². The molecule has 0 aromatic heterocycles. The van der Waals surface area contributed by atoms with Gasteiger partial charge in [-0.2, -0.15) is 5.26 Å². The number of piperazine rings is 1. The van der Waals surface area contributed by atoms with Crippen LogP contribution in [-0.4, -0.2) is 45.4 Å². The number of rotatable bonds is 5. The third-order valence-electron chi connectivity index (χ3n) is 4.61. The maximum Gasteiger partial charge on any atom is 0.267 e. The summed E-state index contributed by atoms with van der Waals surface area (Å²) in [5, 5.41) is 17.7. The van der Waals surface area contributed by atoms with E-state index >= 15 is 0 Å². The van der Waals surface area contributed by atoms with Crippen LogP contribution in [0, 0.1) is 11.3 Å². The van der Waals surface area contributed by atoms with Gasteiger partial charge in [0.2, 0.25) is 10.0 Å². The molecule has 0 bridgehead atoms. The lowest BCUT2D eigenvalue weighted by atomic mass is 10.2. The number of sulfonamides is 1. The SMILES string of the molecule is N#C/C(=C/N1CCN(c2cccc(Cl)c2)CC1)C(=O)Nc1ccc(S(N)(=O)=O)cc1. The molecule has 0 unspecified atom stereocenters. The molecule has 0 aliphatic carbocycles. The van der Waals surface area contributed by atoms with Crippen LogP contribution in [0.3, 0.4) is 0 Å². The number of nitrogens with zero attached hydrogens (tertiary/aromatic N) is 3. The maximum absolute atomic E-state index is 12.4. The first-order valence-electron chi connectivity index (χ1n) is 9.07. The number of halogens is 1. The van der Waals surface area contributed by atoms with Crippen molar-refractivity contribution in [3.63, 3.8) is 0 Å². The third-order valence-corrected chi connectivity index (χ3v) is 5.77. The number of anilines is 2. The summed E-state index contributed by atoms with van der Waals surface area (Å²) in [6, 6.07) is 14.9. The molecule has 1 amide bonds. The Morgan fingerprint density at radius 3 is 2.37 bits per heavy atom. The highest BCUT2D eigenvalue weighted by Crippen LogP contribution is 2.21. The number of nitrogens with two attached hydrogens (primary N) is 1. The molecule has 30 heavy (non-hydrogen) atoms. The van der Waals surface area contributed by atoms with Crippen molar-refractivity contribution < 1.29 is 13.2 Å². The predicted octanol–water partition coefficient (Wildman–Crippen LogP) is 2.16. The Kier molecular flexibility index (Phi) is 6.62. The molecule has 1 aliphatic rings. The van der Waals surface area contributed by atoms with E-state index in [9.17, 15) is 18.5 Å². The second-order valence-electron chi connectivity index (χ2n) is 6.68. The Bertz CT molecular complexity index is 1100. The highest BCUT2D eigenvalue weighted by molar-refractivity contribution is 7.89. The second kappa shape index (κ2) is 9.17. The van der Waals surface area contributed by atoms with Gasteiger partial charge in [-0.05, 0) is 42.5 Å². The van der Waals surface area contributed by atoms with Gasteiger partial charge in [0.15, 0.2) is 0 Å². The topological polar surface area (TPSA) is 120 Å². The van der Waals surface area contributed by atoms with E-state index in [0.717, 1.165) is 18.8 Å². The van der Waals surface area contributed by atoms with E-state index in [1.165, 1.54) is 24.3 Å². The zero-order chi connectivity index (χ0) is 21.7. The average molecular weight is 446 g/mol. The van der Waals surface area contributed by atoms with Gasteiger partial charge in [-0.25, -0.2) is 13.6 Å². The van der Waals surface area contributed by atoms with E-state index in [1.807, 2.05) is 35.2 Å². The van der Waals surface area contributed by atoms with Crippen molar-refractivity contribution in [2.24, 2.45) is 5.14 Å². The van der Waals surface area contributed by atoms with E-state index < -0.39 is 15.9 Å². The van der Waals surface area contributed by atoms with Crippen LogP contribution in [0.5, 0.6) is 0 Å². The van der Waals surface area contributed by atoms with Gasteiger partial charge >= 0.3 is 0 Å². The lowest BCUT2D eigenvalue weighted by Crippen LogP contribution is -2.44. The first-order chi connectivity index (χ1) is 14.3. The van der Waals surface area contributed by atoms with Crippen LogP contribution in [0.15, 0.2) is 65.2 Å². The molecule has 1 aliphatic heterocycles. The molecular weight excluding hydrogens is 426 g/mol. The fraction of sp³-hybridized carbons (Fsp3) is 0.200. The molecule has 0 spiro atoms. The van der Waals surface area contributed by atoms with Gasteiger partial charge in [-0.15, -0.1) is 0 Å². The summed E-state index contributed by atoms with van der Waals surface area (Å²) in [6.45, 7) is 2.75. The number of amides is 1. The molecule has 2 aromatic carbocycles. The number of nitriles is 1. The van der Waals surface area contributed by atoms with Crippen molar-refractivity contribution in [1.29, 1.82) is 5.26 Å². The molecule has 0 atom stereocenters. The van der Waals surface area contributed by atoms with Crippen LogP contribution in [-0.2, 0) is 14.8 Å². The molecule has 156 valence electrons. The smallest absolute Gasteiger partial charge is 0.267 e. The highest BCUT2D eigenvalue weighted by Gasteiger charge is 2.18. The van der Waals surface area contributed by atoms with E-state index in [2.05, 4.69) is 10.2 Å². The van der Waals surface area contributed by atoms with Crippen molar-refractivity contribution in [2.75, 3.05) is 36.4 Å². The summed E-state index contributed by atoms with van der Waals surface area (Å²) in [5.74, 6) is -0.571. The minimum Gasteiger partial charge on any atom is -0.373 e. The number of nitrogens with one attached hydrogen (secondary N) is 1. The summed E-state index contributed by atoms with van der Waals surface area (Å²) < 4.78 is 22.6. The molecule has 0 radical (unpaired) electrons. The van der Waals surface area contributed by atoms with Crippen LogP contribution >= 0.6 is 11.6 Å². The molecule has 1 fully saturated rings. The number of hydrogen-bond acceptors (Lipinski definition) is 6. The highest BCUT2D eigenvalue weighted by atomic mass is 35.5. The van der Waals surface area contributed by atoms with Crippen LogP contribution in [0.2, 0.25) is 5.02 Å². The first kappa shape index (κ1) is 21.6. The Morgan fingerprint density at radius 2 is 1.80 bits per heavy atom. The molecule has 1 saturated heterocycles. The number of benzene rings is 2. The lowest BCUT2D eigenvalue weighted by molar-refractivity contribution is -0.112. The van der Waals surface area contributed by atoms with E-state index in [1.54, 1.807) is 6.20 Å². The van der Waals surface area contributed by atoms with Crippen LogP contribution in [0.1, 0.15) is 0 Å². The number of primary sulfonamides is 1. The summed E-state index contributed by atoms with van der Waals surface area (Å²) in [6.07, 6.45) is 1.54. The van der Waals surface area contributed by atoms with Crippen LogP contribution < -0.4 is 15.4 Å². The van der Waals surface area contributed by atoms with E-state index in [4.69, 9.17) is 16.7 Å². The fourth-order valence-corrected chi connectivity index (χ4v) is 3.73. The summed E-state index contributed by atoms with van der Waals surface area (Å²) in [5.41, 5.74) is 1.35. The van der Waals surface area contributed by atoms with Gasteiger partial charge in [0, 0.05) is 48.8 Å². The average Bonchev–Trinajstić information content (AvgIpc) is 2.72. The van der Waals surface area contributed by atoms with Crippen molar-refractivity contribution in [3.05, 3.63) is 65.3 Å². The predicted molar refractivity (Wildman–Crippen MR) is 115 cm³/mol. The summed E-state index contributed by atoms with van der Waals surface area (Å²) in [7, 11) is -3.81. The molecule has 1 heterocycles. The van der Waals surface area contributed by atoms with E-state index in [0.29, 0.717) is 23.8 Å². The Morgan fingerprint density at radius 1 is 1.13 bits per heavy atom. The van der Waals surface area contributed by atoms with Crippen LogP contribution in [0.25, 0.3) is 0 Å². The Balaban J connectivity index is 1.61. The molecule has 3 N–H and O–H groups in total. The quantitative estimate of drug-likeness (QED) is 0.537. The zero-order valence-corrected chi connectivity index (χ0v) is 17.5. The largest absolute Gasteiger partial charge is 0.373 e. The van der Waals surface area contributed by atoms with Gasteiger partial charge in [0.25, 0.3) is 5.91 Å². The summed E-state index contributed by atoms with van der Waals surface area (Å²) >= 11 is 6.05. The minimum atomic E-state index is -3.81. The number of carbonyl (C=O) groups excluding carboxylic acids is 1. The van der Waals surface area contributed by atoms with Gasteiger partial charge < -0.3 is 15.1 Å². The lowest BCUT2D eigenvalue weighted by Gasteiger charge is -2.35. The molecular formula is C20H20ClN5O3S. The molecule has 2 aromatic rings. The van der Waals surface area contributed by atoms with Gasteiger partial charge in [0.05, 0.1) is 4.90 Å². The standard InChI is InChI=1S/C20H20ClN5O3S/c21-16-2-1-3-18(12-16)26-10-8-25(9-11-26)14-15(13-22)20(27)24-17-4-6-19(7-5-17)30(23,28)29/h1-7,12,14H,8-11H2,(H,24,27)(H2,23,28,29)/b15-14-. The number of carbonyl (C=O) groups is 1. The molecule has 0 saturated carbocycles. The van der Waals surface area contributed by atoms with Gasteiger partial charge in [-0.3, -0.25) is 4.79 Å². The second-order valence-corrected chi connectivity index (χ2v) is 8.68. The maximum atomic E-state index is 12.4. The monoisotopic (exact) mass is 445 g/mol. The fourth-order valence-electron chi connectivity index (χ4n) is 3.03. The molecule has 3 rings (SSSR count). The molecule has 8 nitrogen and oxygen atoms in total. The van der Waals surface area contributed by atoms with Gasteiger partial charge in [0.1, 0.15) is 11.6 Å². The van der Waals surface area contributed by atoms with Crippen molar-refractivity contribution in [2.45, 2.75) is 4.90 Å². The minimum absolute atomic E-state index is 0.0401. The zero-order valence-electron chi connectivity index (χ0n) is 16.0. The van der Waals surface area contributed by atoms with E-state index in [-0.39, 0.29) is 10.5 Å². The van der Waals surface area contributed by atoms with Crippen molar-refractivity contribution in [3.8, 4) is 6.07 Å². The first-order valence-corrected chi connectivity index (χ1v) is 11.0. The third kappa shape index (κ3) is 5.51. The Labute approximate surface area is 180 Å². The van der Waals surface area contributed by atoms with Crippen molar-refractivity contribution >= 4 is 38.9 Å². The Hall–Kier alpha value is -3.06.